The highest BCUT2D eigenvalue weighted by molar-refractivity contribution is 6.06. The van der Waals surface area contributed by atoms with E-state index in [1.807, 2.05) is 38.1 Å². The minimum atomic E-state index is -0.242. The number of nitrogens with zero attached hydrogens (tertiary/aromatic N) is 6. The molecule has 0 fully saturated rings. The molecule has 4 heterocycles. The van der Waals surface area contributed by atoms with E-state index in [0.717, 1.165) is 22.0 Å². The Kier molecular flexibility index (Phi) is 6.26. The largest absolute Gasteiger partial charge is 0.339 e. The summed E-state index contributed by atoms with van der Waals surface area (Å²) in [6.45, 7) is 5.16. The van der Waals surface area contributed by atoms with Gasteiger partial charge in [0, 0.05) is 50.7 Å². The van der Waals surface area contributed by atoms with Crippen molar-refractivity contribution in [1.29, 1.82) is 0 Å². The summed E-state index contributed by atoms with van der Waals surface area (Å²) in [6, 6.07) is 9.09. The first-order chi connectivity index (χ1) is 17.9. The van der Waals surface area contributed by atoms with Crippen molar-refractivity contribution in [3.8, 4) is 22.6 Å². The van der Waals surface area contributed by atoms with Crippen LogP contribution in [0, 0.1) is 0 Å². The first-order valence-corrected chi connectivity index (χ1v) is 12.0. The first kappa shape index (κ1) is 23.9. The van der Waals surface area contributed by atoms with E-state index < -0.39 is 0 Å². The number of carbonyl (C=O) groups is 2. The smallest absolute Gasteiger partial charge is 0.321 e. The maximum Gasteiger partial charge on any atom is 0.321 e. The van der Waals surface area contributed by atoms with Crippen LogP contribution in [0.25, 0.3) is 44.7 Å². The molecule has 1 aromatic carbocycles. The minimum Gasteiger partial charge on any atom is -0.339 e. The Morgan fingerprint density at radius 3 is 2.57 bits per heavy atom. The topological polar surface area (TPSA) is 136 Å². The third kappa shape index (κ3) is 4.46. The summed E-state index contributed by atoms with van der Waals surface area (Å²) in [4.78, 5) is 45.2. The number of imidazole rings is 1. The number of H-pyrrole nitrogens is 2. The van der Waals surface area contributed by atoms with Crippen molar-refractivity contribution >= 4 is 39.7 Å². The van der Waals surface area contributed by atoms with E-state index in [0.29, 0.717) is 47.0 Å². The van der Waals surface area contributed by atoms with Gasteiger partial charge in [-0.3, -0.25) is 14.9 Å². The number of aromatic amines is 2. The Bertz CT molecular complexity index is 1620. The summed E-state index contributed by atoms with van der Waals surface area (Å²) in [5.74, 6) is 0.502. The fraction of sp³-hybridized carbons (Fsp3) is 0.231. The molecular weight excluding hydrogens is 470 g/mol. The van der Waals surface area contributed by atoms with Gasteiger partial charge in [-0.15, -0.1) is 0 Å². The molecule has 0 spiro atoms. The van der Waals surface area contributed by atoms with Crippen LogP contribution in [0.15, 0.2) is 48.9 Å². The molecule has 11 nitrogen and oxygen atoms in total. The number of pyridine rings is 2. The first-order valence-electron chi connectivity index (χ1n) is 12.0. The van der Waals surface area contributed by atoms with Gasteiger partial charge < -0.3 is 20.1 Å². The van der Waals surface area contributed by atoms with E-state index in [-0.39, 0.29) is 11.9 Å². The lowest BCUT2D eigenvalue weighted by Crippen LogP contribution is -2.30. The van der Waals surface area contributed by atoms with Crippen molar-refractivity contribution in [2.24, 2.45) is 0 Å². The van der Waals surface area contributed by atoms with Crippen LogP contribution >= 0.6 is 0 Å². The summed E-state index contributed by atoms with van der Waals surface area (Å²) < 4.78 is 0. The average molecular weight is 498 g/mol. The van der Waals surface area contributed by atoms with E-state index in [9.17, 15) is 9.59 Å². The molecule has 37 heavy (non-hydrogen) atoms. The molecule has 3 amide bonds. The van der Waals surface area contributed by atoms with Crippen LogP contribution < -0.4 is 5.32 Å². The Labute approximate surface area is 212 Å². The summed E-state index contributed by atoms with van der Waals surface area (Å²) in [6.07, 6.45) is 5.01. The predicted molar refractivity (Wildman–Crippen MR) is 142 cm³/mol. The molecule has 5 rings (SSSR count). The molecule has 0 atom stereocenters. The number of carbonyl (C=O) groups excluding carboxylic acids is 2. The number of rotatable bonds is 6. The molecule has 0 bridgehead atoms. The zero-order valence-electron chi connectivity index (χ0n) is 21.0. The van der Waals surface area contributed by atoms with E-state index in [1.54, 1.807) is 43.7 Å². The zero-order valence-corrected chi connectivity index (χ0v) is 21.0. The van der Waals surface area contributed by atoms with Crippen molar-refractivity contribution in [2.75, 3.05) is 32.5 Å². The quantitative estimate of drug-likeness (QED) is 0.323. The molecular formula is C26H27N9O2. The highest BCUT2D eigenvalue weighted by Gasteiger charge is 2.20. The van der Waals surface area contributed by atoms with Crippen LogP contribution in [-0.4, -0.2) is 79.1 Å². The summed E-state index contributed by atoms with van der Waals surface area (Å²) in [5.41, 5.74) is 5.27. The number of anilines is 1. The Hall–Kier alpha value is -4.80. The Morgan fingerprint density at radius 1 is 1.03 bits per heavy atom. The average Bonchev–Trinajstić information content (AvgIpc) is 3.53. The third-order valence-corrected chi connectivity index (χ3v) is 6.17. The monoisotopic (exact) mass is 497 g/mol. The van der Waals surface area contributed by atoms with Crippen molar-refractivity contribution in [3.63, 3.8) is 0 Å². The molecule has 0 saturated heterocycles. The normalized spacial score (nSPS) is 11.1. The van der Waals surface area contributed by atoms with Gasteiger partial charge in [-0.25, -0.2) is 14.8 Å². The number of hydrogen-bond donors (Lipinski definition) is 3. The van der Waals surface area contributed by atoms with Crippen LogP contribution in [0.5, 0.6) is 0 Å². The van der Waals surface area contributed by atoms with Crippen LogP contribution in [0.3, 0.4) is 0 Å². The molecule has 4 aromatic heterocycles. The standard InChI is InChI=1S/C26H27N9O2/c1-5-35(6-2)25(36)18-8-7-9-20-21(18)31-24(30-20)22-19-11-16(13-28-23(19)33-32-22)15-10-17(14-27-12-15)29-26(37)34(3)4/h7-14H,5-6H2,1-4H3,(H,29,37)(H,30,31)(H,28,32,33). The van der Waals surface area contributed by atoms with E-state index >= 15 is 0 Å². The predicted octanol–water partition coefficient (Wildman–Crippen LogP) is 4.14. The lowest BCUT2D eigenvalue weighted by atomic mass is 10.1. The zero-order chi connectivity index (χ0) is 26.1. The lowest BCUT2D eigenvalue weighted by Gasteiger charge is -2.18. The minimum absolute atomic E-state index is 0.0548. The number of hydrogen-bond acceptors (Lipinski definition) is 6. The van der Waals surface area contributed by atoms with E-state index in [4.69, 9.17) is 4.98 Å². The second-order valence-electron chi connectivity index (χ2n) is 8.75. The Morgan fingerprint density at radius 2 is 1.81 bits per heavy atom. The van der Waals surface area contributed by atoms with Crippen LogP contribution in [0.4, 0.5) is 10.5 Å². The molecule has 0 radical (unpaired) electrons. The van der Waals surface area contributed by atoms with Gasteiger partial charge in [0.05, 0.1) is 28.4 Å². The molecule has 0 aliphatic heterocycles. The number of urea groups is 1. The van der Waals surface area contributed by atoms with Crippen molar-refractivity contribution in [1.82, 2.24) is 39.9 Å². The van der Waals surface area contributed by atoms with Gasteiger partial charge in [0.15, 0.2) is 11.5 Å². The molecule has 11 heteroatoms. The second-order valence-corrected chi connectivity index (χ2v) is 8.75. The van der Waals surface area contributed by atoms with Crippen LogP contribution in [0.1, 0.15) is 24.2 Å². The number of para-hydroxylation sites is 1. The molecule has 0 aliphatic rings. The second kappa shape index (κ2) is 9.69. The molecule has 0 unspecified atom stereocenters. The summed E-state index contributed by atoms with van der Waals surface area (Å²) >= 11 is 0. The van der Waals surface area contributed by atoms with Gasteiger partial charge in [0.1, 0.15) is 11.2 Å². The summed E-state index contributed by atoms with van der Waals surface area (Å²) in [5, 5.41) is 10.9. The molecule has 0 aliphatic carbocycles. The SMILES string of the molecule is CCN(CC)C(=O)c1cccc2[nH]c(-c3[nH]nc4ncc(-c5cncc(NC(=O)N(C)C)c5)cc34)nc12. The van der Waals surface area contributed by atoms with E-state index in [1.165, 1.54) is 4.90 Å². The maximum absolute atomic E-state index is 13.1. The highest BCUT2D eigenvalue weighted by atomic mass is 16.2. The van der Waals surface area contributed by atoms with Gasteiger partial charge in [-0.1, -0.05) is 6.07 Å². The van der Waals surface area contributed by atoms with Gasteiger partial charge >= 0.3 is 6.03 Å². The van der Waals surface area contributed by atoms with Crippen LogP contribution in [-0.2, 0) is 0 Å². The van der Waals surface area contributed by atoms with Gasteiger partial charge in [0.2, 0.25) is 0 Å². The fourth-order valence-electron chi connectivity index (χ4n) is 4.14. The molecule has 5 aromatic rings. The number of nitrogens with one attached hydrogen (secondary N) is 3. The van der Waals surface area contributed by atoms with Crippen molar-refractivity contribution in [2.45, 2.75) is 13.8 Å². The maximum atomic E-state index is 13.1. The van der Waals surface area contributed by atoms with Crippen molar-refractivity contribution in [3.05, 3.63) is 54.5 Å². The third-order valence-electron chi connectivity index (χ3n) is 6.17. The van der Waals surface area contributed by atoms with Gasteiger partial charge in [-0.05, 0) is 38.1 Å². The van der Waals surface area contributed by atoms with Crippen LogP contribution in [0.2, 0.25) is 0 Å². The number of aromatic nitrogens is 6. The molecule has 188 valence electrons. The Balaban J connectivity index is 1.54. The van der Waals surface area contributed by atoms with Gasteiger partial charge in [-0.2, -0.15) is 5.10 Å². The van der Waals surface area contributed by atoms with Gasteiger partial charge in [0.25, 0.3) is 5.91 Å². The lowest BCUT2D eigenvalue weighted by molar-refractivity contribution is 0.0774. The molecule has 3 N–H and O–H groups in total. The summed E-state index contributed by atoms with van der Waals surface area (Å²) in [7, 11) is 3.34. The number of amides is 3. The van der Waals surface area contributed by atoms with E-state index in [2.05, 4.69) is 30.5 Å². The van der Waals surface area contributed by atoms with Crippen molar-refractivity contribution < 1.29 is 9.59 Å². The molecule has 0 saturated carbocycles. The fourth-order valence-corrected chi connectivity index (χ4v) is 4.14. The number of benzene rings is 1. The highest BCUT2D eigenvalue weighted by Crippen LogP contribution is 2.30. The number of fused-ring (bicyclic) bond motifs is 2.